The van der Waals surface area contributed by atoms with Crippen LogP contribution < -0.4 is 4.90 Å². The molecule has 1 fully saturated rings. The van der Waals surface area contributed by atoms with Crippen LogP contribution in [0, 0.1) is 0 Å². The summed E-state index contributed by atoms with van der Waals surface area (Å²) in [4.78, 5) is 22.7. The number of aliphatic hydroxyl groups is 1. The second kappa shape index (κ2) is 5.50. The van der Waals surface area contributed by atoms with E-state index in [1.165, 1.54) is 12.4 Å². The lowest BCUT2D eigenvalue weighted by atomic mass is 10.2. The number of aromatic carboxylic acids is 1. The van der Waals surface area contributed by atoms with Gasteiger partial charge in [0.25, 0.3) is 0 Å². The molecular formula is C12H18N4O3. The molecule has 0 spiro atoms. The maximum atomic E-state index is 10.7. The predicted octanol–water partition coefficient (Wildman–Crippen LogP) is -0.324. The molecule has 1 aliphatic rings. The summed E-state index contributed by atoms with van der Waals surface area (Å²) < 4.78 is 0. The van der Waals surface area contributed by atoms with E-state index in [9.17, 15) is 9.90 Å². The number of β-amino-alcohol motifs (C(OH)–C–C–N with tert-alkyl or cyclic N) is 1. The van der Waals surface area contributed by atoms with Gasteiger partial charge in [0.1, 0.15) is 5.82 Å². The van der Waals surface area contributed by atoms with Gasteiger partial charge in [0.05, 0.1) is 18.5 Å². The molecule has 2 N–H and O–H groups in total. The van der Waals surface area contributed by atoms with Gasteiger partial charge in [-0.15, -0.1) is 0 Å². The zero-order valence-electron chi connectivity index (χ0n) is 11.0. The maximum Gasteiger partial charge on any atom is 0.356 e. The summed E-state index contributed by atoms with van der Waals surface area (Å²) >= 11 is 0. The molecule has 0 saturated carbocycles. The van der Waals surface area contributed by atoms with Gasteiger partial charge in [-0.3, -0.25) is 0 Å². The molecule has 1 saturated heterocycles. The minimum atomic E-state index is -1.09. The van der Waals surface area contributed by atoms with Crippen molar-refractivity contribution < 1.29 is 15.0 Å². The van der Waals surface area contributed by atoms with Crippen molar-refractivity contribution in [2.45, 2.75) is 18.6 Å². The van der Waals surface area contributed by atoms with Gasteiger partial charge in [-0.1, -0.05) is 0 Å². The molecule has 19 heavy (non-hydrogen) atoms. The van der Waals surface area contributed by atoms with Crippen molar-refractivity contribution in [2.24, 2.45) is 0 Å². The Labute approximate surface area is 111 Å². The normalized spacial score (nSPS) is 23.1. The zero-order chi connectivity index (χ0) is 14.0. The van der Waals surface area contributed by atoms with E-state index in [4.69, 9.17) is 5.11 Å². The van der Waals surface area contributed by atoms with Gasteiger partial charge in [0, 0.05) is 19.1 Å². The molecule has 1 aromatic rings. The molecule has 2 heterocycles. The van der Waals surface area contributed by atoms with Crippen molar-refractivity contribution in [2.75, 3.05) is 32.1 Å². The lowest BCUT2D eigenvalue weighted by Crippen LogP contribution is -2.38. The van der Waals surface area contributed by atoms with Crippen molar-refractivity contribution in [1.82, 2.24) is 14.9 Å². The number of hydrogen-bond donors (Lipinski definition) is 2. The second-order valence-corrected chi connectivity index (χ2v) is 5.02. The summed E-state index contributed by atoms with van der Waals surface area (Å²) in [6.45, 7) is 1.30. The van der Waals surface area contributed by atoms with E-state index in [1.54, 1.807) is 0 Å². The highest BCUT2D eigenvalue weighted by atomic mass is 16.4. The molecule has 7 nitrogen and oxygen atoms in total. The number of nitrogens with zero attached hydrogens (tertiary/aromatic N) is 4. The minimum absolute atomic E-state index is 0.0762. The lowest BCUT2D eigenvalue weighted by Gasteiger charge is -2.27. The molecule has 2 atom stereocenters. The first-order valence-electron chi connectivity index (χ1n) is 6.12. The first-order chi connectivity index (χ1) is 8.97. The quantitative estimate of drug-likeness (QED) is 0.771. The number of carboxylic acids is 1. The van der Waals surface area contributed by atoms with Crippen LogP contribution in [0.3, 0.4) is 0 Å². The number of carboxylic acid groups (broad SMARTS) is 1. The number of rotatable bonds is 4. The lowest BCUT2D eigenvalue weighted by molar-refractivity contribution is 0.0690. The molecule has 2 unspecified atom stereocenters. The number of hydrogen-bond acceptors (Lipinski definition) is 6. The summed E-state index contributed by atoms with van der Waals surface area (Å²) in [5, 5.41) is 18.6. The minimum Gasteiger partial charge on any atom is -0.476 e. The Kier molecular flexibility index (Phi) is 3.96. The zero-order valence-corrected chi connectivity index (χ0v) is 11.0. The van der Waals surface area contributed by atoms with Crippen molar-refractivity contribution >= 4 is 11.8 Å². The molecular weight excluding hydrogens is 248 g/mol. The third-order valence-electron chi connectivity index (χ3n) is 3.12. The molecule has 0 aromatic carbocycles. The summed E-state index contributed by atoms with van der Waals surface area (Å²) in [5.41, 5.74) is -0.0762. The molecule has 1 aromatic heterocycles. The highest BCUT2D eigenvalue weighted by Gasteiger charge is 2.32. The molecule has 0 aliphatic carbocycles. The van der Waals surface area contributed by atoms with E-state index in [2.05, 4.69) is 14.9 Å². The largest absolute Gasteiger partial charge is 0.476 e. The summed E-state index contributed by atoms with van der Waals surface area (Å²) in [6.07, 6.45) is 2.99. The fourth-order valence-electron chi connectivity index (χ4n) is 2.35. The fourth-order valence-corrected chi connectivity index (χ4v) is 2.35. The van der Waals surface area contributed by atoms with Crippen LogP contribution in [0.1, 0.15) is 16.9 Å². The number of aliphatic hydroxyl groups excluding tert-OH is 1. The van der Waals surface area contributed by atoms with Gasteiger partial charge in [0.2, 0.25) is 0 Å². The Hall–Kier alpha value is -1.73. The van der Waals surface area contributed by atoms with E-state index in [0.29, 0.717) is 18.8 Å². The number of aromatic nitrogens is 2. The Morgan fingerprint density at radius 1 is 1.47 bits per heavy atom. The van der Waals surface area contributed by atoms with E-state index in [-0.39, 0.29) is 17.8 Å². The average Bonchev–Trinajstić information content (AvgIpc) is 2.69. The van der Waals surface area contributed by atoms with Gasteiger partial charge in [0.15, 0.2) is 5.69 Å². The van der Waals surface area contributed by atoms with Gasteiger partial charge in [-0.05, 0) is 20.5 Å². The van der Waals surface area contributed by atoms with E-state index < -0.39 is 5.97 Å². The van der Waals surface area contributed by atoms with Crippen LogP contribution in [0.25, 0.3) is 0 Å². The van der Waals surface area contributed by atoms with Crippen molar-refractivity contribution in [3.05, 3.63) is 18.1 Å². The van der Waals surface area contributed by atoms with Gasteiger partial charge < -0.3 is 20.0 Å². The highest BCUT2D eigenvalue weighted by molar-refractivity contribution is 5.84. The molecule has 0 bridgehead atoms. The van der Waals surface area contributed by atoms with Crippen LogP contribution in [0.2, 0.25) is 0 Å². The van der Waals surface area contributed by atoms with Crippen molar-refractivity contribution in [3.63, 3.8) is 0 Å². The van der Waals surface area contributed by atoms with Gasteiger partial charge in [-0.2, -0.15) is 0 Å². The predicted molar refractivity (Wildman–Crippen MR) is 69.3 cm³/mol. The smallest absolute Gasteiger partial charge is 0.356 e. The topological polar surface area (TPSA) is 89.8 Å². The van der Waals surface area contributed by atoms with Crippen LogP contribution in [-0.2, 0) is 0 Å². The Morgan fingerprint density at radius 3 is 2.74 bits per heavy atom. The van der Waals surface area contributed by atoms with Gasteiger partial charge in [-0.25, -0.2) is 14.8 Å². The molecule has 2 rings (SSSR count). The number of likely N-dealkylation sites (N-methyl/N-ethyl adjacent to an activating group) is 1. The van der Waals surface area contributed by atoms with Crippen LogP contribution in [0.5, 0.6) is 0 Å². The van der Waals surface area contributed by atoms with E-state index in [1.807, 2.05) is 19.0 Å². The third-order valence-corrected chi connectivity index (χ3v) is 3.12. The molecule has 0 radical (unpaired) electrons. The Bertz CT molecular complexity index is 449. The third kappa shape index (κ3) is 3.18. The van der Waals surface area contributed by atoms with Crippen LogP contribution in [0.4, 0.5) is 5.82 Å². The fraction of sp³-hybridized carbons (Fsp3) is 0.583. The van der Waals surface area contributed by atoms with Gasteiger partial charge >= 0.3 is 5.97 Å². The van der Waals surface area contributed by atoms with E-state index >= 15 is 0 Å². The molecule has 1 aliphatic heterocycles. The maximum absolute atomic E-state index is 10.7. The Balaban J connectivity index is 2.16. The van der Waals surface area contributed by atoms with E-state index in [0.717, 1.165) is 6.54 Å². The SMILES string of the molecule is CN(C)CC1CC(O)CN1c1cnc(C(=O)O)cn1. The van der Waals surface area contributed by atoms with Crippen molar-refractivity contribution in [1.29, 1.82) is 0 Å². The first kappa shape index (κ1) is 13.7. The summed E-state index contributed by atoms with van der Waals surface area (Å²) in [6, 6.07) is 0.162. The molecule has 7 heteroatoms. The highest BCUT2D eigenvalue weighted by Crippen LogP contribution is 2.23. The molecule has 104 valence electrons. The van der Waals surface area contributed by atoms with Crippen molar-refractivity contribution in [3.8, 4) is 0 Å². The van der Waals surface area contributed by atoms with Crippen LogP contribution in [0.15, 0.2) is 12.4 Å². The standard InChI is InChI=1S/C12H18N4O3/c1-15(2)6-8-3-9(17)7-16(8)11-5-13-10(4-14-11)12(18)19/h4-5,8-9,17H,3,6-7H2,1-2H3,(H,18,19). The number of anilines is 1. The molecule has 0 amide bonds. The van der Waals surface area contributed by atoms with Crippen LogP contribution >= 0.6 is 0 Å². The second-order valence-electron chi connectivity index (χ2n) is 5.02. The monoisotopic (exact) mass is 266 g/mol. The Morgan fingerprint density at radius 2 is 2.21 bits per heavy atom. The summed E-state index contributed by atoms with van der Waals surface area (Å²) in [5.74, 6) is -0.487. The number of carbonyl (C=O) groups is 1. The summed E-state index contributed by atoms with van der Waals surface area (Å²) in [7, 11) is 3.95. The van der Waals surface area contributed by atoms with Crippen LogP contribution in [-0.4, -0.2) is 70.4 Å². The average molecular weight is 266 g/mol. The first-order valence-corrected chi connectivity index (χ1v) is 6.12.